The third-order valence-electron chi connectivity index (χ3n) is 4.85. The van der Waals surface area contributed by atoms with Crippen molar-refractivity contribution >= 4 is 27.5 Å². The molecule has 2 N–H and O–H groups in total. The van der Waals surface area contributed by atoms with Crippen LogP contribution in [-0.2, 0) is 11.3 Å². The molecule has 1 atom stereocenters. The van der Waals surface area contributed by atoms with E-state index >= 15 is 0 Å². The number of fused-ring (bicyclic) bond motifs is 2. The average molecular weight is 398 g/mol. The molecule has 1 unspecified atom stereocenters. The molecule has 28 heavy (non-hydrogen) atoms. The molecule has 4 rings (SSSR count). The zero-order chi connectivity index (χ0) is 19.8. The first kappa shape index (κ1) is 18.7. The van der Waals surface area contributed by atoms with Crippen molar-refractivity contribution < 1.29 is 19.7 Å². The lowest BCUT2D eigenvalue weighted by atomic mass is 10.0. The summed E-state index contributed by atoms with van der Waals surface area (Å²) >= 11 is 1.55. The SMILES string of the molecule is CC(C)C(O)C(=O)N1CCOc2c(O)cc(-c3nc4ccccc4s3)cc2C1. The van der Waals surface area contributed by atoms with Crippen molar-refractivity contribution in [3.05, 3.63) is 42.0 Å². The molecule has 2 aromatic carbocycles. The van der Waals surface area contributed by atoms with Crippen LogP contribution in [0.15, 0.2) is 36.4 Å². The number of aliphatic hydroxyl groups is 1. The first-order valence-corrected chi connectivity index (χ1v) is 10.1. The largest absolute Gasteiger partial charge is 0.504 e. The molecule has 0 saturated carbocycles. The van der Waals surface area contributed by atoms with Crippen LogP contribution in [0.1, 0.15) is 19.4 Å². The lowest BCUT2D eigenvalue weighted by molar-refractivity contribution is -0.143. The van der Waals surface area contributed by atoms with Crippen LogP contribution in [0.4, 0.5) is 0 Å². The number of carbonyl (C=O) groups is 1. The third kappa shape index (κ3) is 3.43. The number of amides is 1. The maximum atomic E-state index is 12.6. The number of aliphatic hydroxyl groups excluding tert-OH is 1. The van der Waals surface area contributed by atoms with Gasteiger partial charge in [-0.25, -0.2) is 4.98 Å². The first-order chi connectivity index (χ1) is 13.4. The van der Waals surface area contributed by atoms with Gasteiger partial charge in [0.05, 0.1) is 16.8 Å². The molecule has 0 spiro atoms. The van der Waals surface area contributed by atoms with E-state index in [2.05, 4.69) is 4.98 Å². The van der Waals surface area contributed by atoms with E-state index in [4.69, 9.17) is 4.74 Å². The quantitative estimate of drug-likeness (QED) is 0.707. The Labute approximate surface area is 167 Å². The van der Waals surface area contributed by atoms with Crippen LogP contribution in [-0.4, -0.2) is 45.3 Å². The van der Waals surface area contributed by atoms with E-state index in [0.29, 0.717) is 17.9 Å². The number of phenols is 1. The Bertz CT molecular complexity index is 997. The van der Waals surface area contributed by atoms with Crippen molar-refractivity contribution in [2.24, 2.45) is 5.92 Å². The molecule has 1 amide bonds. The summed E-state index contributed by atoms with van der Waals surface area (Å²) in [5.74, 6) is -0.0698. The monoisotopic (exact) mass is 398 g/mol. The van der Waals surface area contributed by atoms with Crippen LogP contribution in [0, 0.1) is 5.92 Å². The van der Waals surface area contributed by atoms with Gasteiger partial charge in [-0.2, -0.15) is 0 Å². The maximum Gasteiger partial charge on any atom is 0.252 e. The number of thiazole rings is 1. The summed E-state index contributed by atoms with van der Waals surface area (Å²) in [4.78, 5) is 18.8. The molecular formula is C21H22N2O4S. The highest BCUT2D eigenvalue weighted by Gasteiger charge is 2.28. The highest BCUT2D eigenvalue weighted by atomic mass is 32.1. The number of nitrogens with zero attached hydrogens (tertiary/aromatic N) is 2. The van der Waals surface area contributed by atoms with E-state index in [1.807, 2.05) is 44.2 Å². The van der Waals surface area contributed by atoms with Gasteiger partial charge in [-0.15, -0.1) is 11.3 Å². The van der Waals surface area contributed by atoms with Crippen molar-refractivity contribution in [3.63, 3.8) is 0 Å². The molecule has 0 fully saturated rings. The molecule has 0 aliphatic carbocycles. The van der Waals surface area contributed by atoms with Crippen molar-refractivity contribution in [2.45, 2.75) is 26.5 Å². The predicted molar refractivity (Wildman–Crippen MR) is 108 cm³/mol. The molecular weight excluding hydrogens is 376 g/mol. The molecule has 2 heterocycles. The van der Waals surface area contributed by atoms with Gasteiger partial charge < -0.3 is 19.8 Å². The number of aromatic nitrogens is 1. The van der Waals surface area contributed by atoms with Crippen molar-refractivity contribution in [3.8, 4) is 22.1 Å². The summed E-state index contributed by atoms with van der Waals surface area (Å²) in [5.41, 5.74) is 2.39. The molecule has 1 aliphatic rings. The number of benzene rings is 2. The fourth-order valence-corrected chi connectivity index (χ4v) is 4.23. The molecule has 3 aromatic rings. The van der Waals surface area contributed by atoms with Crippen LogP contribution < -0.4 is 4.74 Å². The van der Waals surface area contributed by atoms with Gasteiger partial charge in [0, 0.05) is 17.7 Å². The van der Waals surface area contributed by atoms with Crippen molar-refractivity contribution in [1.29, 1.82) is 0 Å². The van der Waals surface area contributed by atoms with Crippen molar-refractivity contribution in [2.75, 3.05) is 13.2 Å². The molecule has 1 aliphatic heterocycles. The number of ether oxygens (including phenoxy) is 1. The number of hydrogen-bond donors (Lipinski definition) is 2. The Balaban J connectivity index is 1.70. The lowest BCUT2D eigenvalue weighted by Crippen LogP contribution is -2.42. The van der Waals surface area contributed by atoms with Crippen LogP contribution in [0.2, 0.25) is 0 Å². The number of aromatic hydroxyl groups is 1. The second-order valence-corrected chi connectivity index (χ2v) is 8.30. The third-order valence-corrected chi connectivity index (χ3v) is 5.94. The summed E-state index contributed by atoms with van der Waals surface area (Å²) in [5, 5.41) is 21.5. The number of hydrogen-bond acceptors (Lipinski definition) is 6. The molecule has 7 heteroatoms. The minimum Gasteiger partial charge on any atom is -0.504 e. The molecule has 6 nitrogen and oxygen atoms in total. The fourth-order valence-electron chi connectivity index (χ4n) is 3.28. The Morgan fingerprint density at radius 1 is 1.29 bits per heavy atom. The Morgan fingerprint density at radius 3 is 2.82 bits per heavy atom. The first-order valence-electron chi connectivity index (χ1n) is 9.25. The Kier molecular flexibility index (Phi) is 4.95. The van der Waals surface area contributed by atoms with E-state index in [9.17, 15) is 15.0 Å². The average Bonchev–Trinajstić information content (AvgIpc) is 2.99. The summed E-state index contributed by atoms with van der Waals surface area (Å²) in [6.07, 6.45) is -1.05. The van der Waals surface area contributed by atoms with Gasteiger partial charge in [-0.1, -0.05) is 26.0 Å². The Morgan fingerprint density at radius 2 is 2.07 bits per heavy atom. The number of rotatable bonds is 3. The molecule has 0 bridgehead atoms. The Hall–Kier alpha value is -2.64. The van der Waals surface area contributed by atoms with Gasteiger partial charge >= 0.3 is 0 Å². The highest BCUT2D eigenvalue weighted by Crippen LogP contribution is 2.39. The summed E-state index contributed by atoms with van der Waals surface area (Å²) in [6.45, 7) is 4.50. The maximum absolute atomic E-state index is 12.6. The van der Waals surface area contributed by atoms with Crippen LogP contribution in [0.25, 0.3) is 20.8 Å². The number of para-hydroxylation sites is 1. The van der Waals surface area contributed by atoms with Crippen LogP contribution in [0.3, 0.4) is 0 Å². The van der Waals surface area contributed by atoms with E-state index in [1.165, 1.54) is 0 Å². The van der Waals surface area contributed by atoms with Gasteiger partial charge in [0.15, 0.2) is 11.5 Å². The second-order valence-electron chi connectivity index (χ2n) is 7.27. The molecule has 146 valence electrons. The zero-order valence-corrected chi connectivity index (χ0v) is 16.6. The van der Waals surface area contributed by atoms with Gasteiger partial charge in [0.25, 0.3) is 5.91 Å². The summed E-state index contributed by atoms with van der Waals surface area (Å²) in [6, 6.07) is 11.4. The van der Waals surface area contributed by atoms with Gasteiger partial charge in [0.2, 0.25) is 0 Å². The fraction of sp³-hybridized carbons (Fsp3) is 0.333. The second kappa shape index (κ2) is 7.41. The zero-order valence-electron chi connectivity index (χ0n) is 15.8. The number of phenolic OH excluding ortho intramolecular Hbond substituents is 1. The minimum atomic E-state index is -1.05. The summed E-state index contributed by atoms with van der Waals surface area (Å²) < 4.78 is 6.78. The minimum absolute atomic E-state index is 0.0328. The standard InChI is InChI=1S/C21H22N2O4S/c1-12(2)18(25)21(26)23-7-8-27-19-14(11-23)9-13(10-16(19)24)20-22-15-5-3-4-6-17(15)28-20/h3-6,9-10,12,18,24-25H,7-8,11H2,1-2H3. The topological polar surface area (TPSA) is 82.9 Å². The van der Waals surface area contributed by atoms with E-state index in [1.54, 1.807) is 22.3 Å². The van der Waals surface area contributed by atoms with Gasteiger partial charge in [0.1, 0.15) is 17.7 Å². The van der Waals surface area contributed by atoms with Gasteiger partial charge in [-0.3, -0.25) is 4.79 Å². The lowest BCUT2D eigenvalue weighted by Gasteiger charge is -2.24. The highest BCUT2D eigenvalue weighted by molar-refractivity contribution is 7.21. The van der Waals surface area contributed by atoms with Crippen LogP contribution in [0.5, 0.6) is 11.5 Å². The van der Waals surface area contributed by atoms with E-state index in [0.717, 1.165) is 20.8 Å². The molecule has 1 aromatic heterocycles. The van der Waals surface area contributed by atoms with Crippen molar-refractivity contribution in [1.82, 2.24) is 9.88 Å². The van der Waals surface area contributed by atoms with Crippen LogP contribution >= 0.6 is 11.3 Å². The van der Waals surface area contributed by atoms with Gasteiger partial charge in [-0.05, 0) is 30.2 Å². The van der Waals surface area contributed by atoms with E-state index in [-0.39, 0.29) is 30.7 Å². The normalized spacial score (nSPS) is 15.2. The smallest absolute Gasteiger partial charge is 0.252 e. The summed E-state index contributed by atoms with van der Waals surface area (Å²) in [7, 11) is 0. The molecule has 0 radical (unpaired) electrons. The number of carbonyl (C=O) groups excluding carboxylic acids is 1. The predicted octanol–water partition coefficient (Wildman–Crippen LogP) is 3.41. The molecule has 0 saturated heterocycles. The van der Waals surface area contributed by atoms with E-state index < -0.39 is 6.10 Å².